The van der Waals surface area contributed by atoms with E-state index in [1.807, 2.05) is 11.3 Å². The van der Waals surface area contributed by atoms with Gasteiger partial charge < -0.3 is 5.32 Å². The standard InChI is InChI=1S/C19H33NS/c1-15-14-17(16(2)21-15)8-11-19(9-6-7-10-19)12-13-20-18(3,4)5/h14,20H,6-13H2,1-5H3. The molecule has 2 rings (SSSR count). The van der Waals surface area contributed by atoms with Gasteiger partial charge in [0.2, 0.25) is 0 Å². The van der Waals surface area contributed by atoms with Crippen LogP contribution in [0.15, 0.2) is 6.07 Å². The fraction of sp³-hybridized carbons (Fsp3) is 0.789. The van der Waals surface area contributed by atoms with Crippen molar-refractivity contribution >= 4 is 11.3 Å². The highest BCUT2D eigenvalue weighted by Crippen LogP contribution is 2.45. The van der Waals surface area contributed by atoms with Crippen LogP contribution in [0.3, 0.4) is 0 Å². The van der Waals surface area contributed by atoms with E-state index < -0.39 is 0 Å². The van der Waals surface area contributed by atoms with Crippen LogP contribution in [0.4, 0.5) is 0 Å². The summed E-state index contributed by atoms with van der Waals surface area (Å²) in [5.41, 5.74) is 2.47. The molecule has 0 aromatic carbocycles. The highest BCUT2D eigenvalue weighted by Gasteiger charge is 2.33. The van der Waals surface area contributed by atoms with Crippen molar-refractivity contribution in [3.05, 3.63) is 21.4 Å². The second kappa shape index (κ2) is 6.83. The summed E-state index contributed by atoms with van der Waals surface area (Å²) in [6.45, 7) is 12.5. The lowest BCUT2D eigenvalue weighted by molar-refractivity contribution is 0.235. The van der Waals surface area contributed by atoms with Crippen LogP contribution in [-0.4, -0.2) is 12.1 Å². The van der Waals surface area contributed by atoms with Crippen LogP contribution in [0.25, 0.3) is 0 Å². The zero-order chi connectivity index (χ0) is 15.5. The Morgan fingerprint density at radius 1 is 1.14 bits per heavy atom. The van der Waals surface area contributed by atoms with Gasteiger partial charge in [0.1, 0.15) is 0 Å². The van der Waals surface area contributed by atoms with E-state index in [-0.39, 0.29) is 5.54 Å². The first-order valence-corrected chi connectivity index (χ1v) is 9.42. The molecule has 1 N–H and O–H groups in total. The SMILES string of the molecule is Cc1cc(CCC2(CCNC(C)(C)C)CCCC2)c(C)s1. The third-order valence-electron chi connectivity index (χ3n) is 5.04. The molecule has 0 radical (unpaired) electrons. The number of nitrogens with one attached hydrogen (secondary N) is 1. The van der Waals surface area contributed by atoms with Crippen LogP contribution in [0.2, 0.25) is 0 Å². The molecular weight excluding hydrogens is 274 g/mol. The van der Waals surface area contributed by atoms with Gasteiger partial charge in [0, 0.05) is 15.3 Å². The van der Waals surface area contributed by atoms with Gasteiger partial charge in [0.05, 0.1) is 0 Å². The molecule has 1 aromatic rings. The Bertz CT molecular complexity index is 447. The highest BCUT2D eigenvalue weighted by atomic mass is 32.1. The predicted molar refractivity (Wildman–Crippen MR) is 95.4 cm³/mol. The quantitative estimate of drug-likeness (QED) is 0.717. The van der Waals surface area contributed by atoms with E-state index in [9.17, 15) is 0 Å². The third-order valence-corrected chi connectivity index (χ3v) is 6.05. The second-order valence-corrected chi connectivity index (χ2v) is 9.53. The molecule has 0 saturated heterocycles. The zero-order valence-corrected chi connectivity index (χ0v) is 15.5. The molecule has 1 aliphatic rings. The van der Waals surface area contributed by atoms with Crippen molar-refractivity contribution in [2.45, 2.75) is 85.1 Å². The van der Waals surface area contributed by atoms with E-state index in [0.717, 1.165) is 0 Å². The van der Waals surface area contributed by atoms with Crippen LogP contribution < -0.4 is 5.32 Å². The minimum absolute atomic E-state index is 0.251. The van der Waals surface area contributed by atoms with E-state index in [4.69, 9.17) is 0 Å². The molecule has 0 spiro atoms. The van der Waals surface area contributed by atoms with Crippen LogP contribution in [0.5, 0.6) is 0 Å². The summed E-state index contributed by atoms with van der Waals surface area (Å²) in [5.74, 6) is 0. The van der Waals surface area contributed by atoms with E-state index in [1.165, 1.54) is 61.2 Å². The van der Waals surface area contributed by atoms with Crippen molar-refractivity contribution in [3.8, 4) is 0 Å². The Kier molecular flexibility index (Phi) is 5.54. The van der Waals surface area contributed by atoms with Gasteiger partial charge in [-0.25, -0.2) is 0 Å². The topological polar surface area (TPSA) is 12.0 Å². The fourth-order valence-corrected chi connectivity index (χ4v) is 4.76. The van der Waals surface area contributed by atoms with Crippen molar-refractivity contribution in [3.63, 3.8) is 0 Å². The Balaban J connectivity index is 1.90. The van der Waals surface area contributed by atoms with Crippen molar-refractivity contribution in [1.82, 2.24) is 5.32 Å². The molecule has 1 heterocycles. The molecule has 1 nitrogen and oxygen atoms in total. The Morgan fingerprint density at radius 3 is 2.33 bits per heavy atom. The molecule has 2 heteroatoms. The summed E-state index contributed by atoms with van der Waals surface area (Å²) in [6, 6.07) is 2.41. The number of hydrogen-bond donors (Lipinski definition) is 1. The largest absolute Gasteiger partial charge is 0.312 e. The van der Waals surface area contributed by atoms with Crippen molar-refractivity contribution in [1.29, 1.82) is 0 Å². The molecule has 0 amide bonds. The zero-order valence-electron chi connectivity index (χ0n) is 14.6. The van der Waals surface area contributed by atoms with E-state index >= 15 is 0 Å². The van der Waals surface area contributed by atoms with Crippen molar-refractivity contribution in [2.75, 3.05) is 6.54 Å². The summed E-state index contributed by atoms with van der Waals surface area (Å²) in [6.07, 6.45) is 9.80. The smallest absolute Gasteiger partial charge is 0.00965 e. The van der Waals surface area contributed by atoms with Crippen LogP contribution in [0, 0.1) is 19.3 Å². The highest BCUT2D eigenvalue weighted by molar-refractivity contribution is 7.12. The molecule has 1 saturated carbocycles. The second-order valence-electron chi connectivity index (χ2n) is 8.07. The number of hydrogen-bond acceptors (Lipinski definition) is 2. The third kappa shape index (κ3) is 5.10. The minimum Gasteiger partial charge on any atom is -0.312 e. The summed E-state index contributed by atoms with van der Waals surface area (Å²) < 4.78 is 0. The minimum atomic E-state index is 0.251. The molecule has 0 atom stereocenters. The van der Waals surface area contributed by atoms with Gasteiger partial charge in [-0.3, -0.25) is 0 Å². The average molecular weight is 308 g/mol. The first-order chi connectivity index (χ1) is 9.80. The van der Waals surface area contributed by atoms with Gasteiger partial charge in [-0.1, -0.05) is 12.8 Å². The van der Waals surface area contributed by atoms with Gasteiger partial charge in [-0.05, 0) is 90.3 Å². The van der Waals surface area contributed by atoms with E-state index in [0.29, 0.717) is 5.41 Å². The average Bonchev–Trinajstić information content (AvgIpc) is 2.93. The summed E-state index contributed by atoms with van der Waals surface area (Å²) in [4.78, 5) is 3.01. The lowest BCUT2D eigenvalue weighted by Crippen LogP contribution is -2.38. The number of aryl methyl sites for hydroxylation is 3. The molecule has 0 bridgehead atoms. The molecule has 1 aliphatic carbocycles. The Labute approximate surface area is 135 Å². The first kappa shape index (κ1) is 17.0. The molecule has 0 aliphatic heterocycles. The molecule has 21 heavy (non-hydrogen) atoms. The van der Waals surface area contributed by atoms with Crippen LogP contribution >= 0.6 is 11.3 Å². The van der Waals surface area contributed by atoms with Gasteiger partial charge in [0.25, 0.3) is 0 Å². The Morgan fingerprint density at radius 2 is 1.81 bits per heavy atom. The Hall–Kier alpha value is -0.340. The predicted octanol–water partition coefficient (Wildman–Crippen LogP) is 5.64. The lowest BCUT2D eigenvalue weighted by Gasteiger charge is -2.31. The summed E-state index contributed by atoms with van der Waals surface area (Å²) in [7, 11) is 0. The van der Waals surface area contributed by atoms with E-state index in [2.05, 4.69) is 46.0 Å². The normalized spacial score (nSPS) is 18.3. The van der Waals surface area contributed by atoms with Gasteiger partial charge in [-0.15, -0.1) is 11.3 Å². The fourth-order valence-electron chi connectivity index (χ4n) is 3.78. The van der Waals surface area contributed by atoms with Crippen molar-refractivity contribution < 1.29 is 0 Å². The molecular formula is C19H33NS. The maximum atomic E-state index is 3.69. The van der Waals surface area contributed by atoms with Gasteiger partial charge in [0.15, 0.2) is 0 Å². The van der Waals surface area contributed by atoms with Crippen LogP contribution in [-0.2, 0) is 6.42 Å². The molecule has 1 aromatic heterocycles. The molecule has 1 fully saturated rings. The lowest BCUT2D eigenvalue weighted by atomic mass is 9.77. The summed E-state index contributed by atoms with van der Waals surface area (Å²) >= 11 is 1.96. The van der Waals surface area contributed by atoms with Crippen molar-refractivity contribution in [2.24, 2.45) is 5.41 Å². The van der Waals surface area contributed by atoms with Crippen LogP contribution in [0.1, 0.15) is 74.6 Å². The van der Waals surface area contributed by atoms with Gasteiger partial charge in [-0.2, -0.15) is 0 Å². The maximum absolute atomic E-state index is 3.69. The molecule has 120 valence electrons. The van der Waals surface area contributed by atoms with E-state index in [1.54, 1.807) is 5.56 Å². The first-order valence-electron chi connectivity index (χ1n) is 8.61. The monoisotopic (exact) mass is 307 g/mol. The maximum Gasteiger partial charge on any atom is 0.00965 e. The molecule has 0 unspecified atom stereocenters. The van der Waals surface area contributed by atoms with Gasteiger partial charge >= 0.3 is 0 Å². The number of thiophene rings is 1. The summed E-state index contributed by atoms with van der Waals surface area (Å²) in [5, 5.41) is 3.69. The number of rotatable bonds is 6.